The molecule has 0 aliphatic rings. The minimum atomic E-state index is -0.937. The summed E-state index contributed by atoms with van der Waals surface area (Å²) >= 11 is 11.7. The molecule has 7 nitrogen and oxygen atoms in total. The number of hydrogen-bond donors (Lipinski definition) is 0. The molecule has 9 heteroatoms. The molecule has 0 N–H and O–H groups in total. The molecular weight excluding hydrogens is 361 g/mol. The first-order valence-electron chi connectivity index (χ1n) is 6.37. The fraction of sp³-hybridized carbons (Fsp3) is 0.0667. The second-order valence-corrected chi connectivity index (χ2v) is 5.33. The van der Waals surface area contributed by atoms with Crippen molar-refractivity contribution in [2.75, 3.05) is 7.11 Å². The van der Waals surface area contributed by atoms with Crippen LogP contribution in [0.25, 0.3) is 0 Å². The quantitative estimate of drug-likeness (QED) is 0.350. The molecule has 0 atom stereocenters. The smallest absolute Gasteiger partial charge is 0.343 e. The van der Waals surface area contributed by atoms with Gasteiger partial charge in [0.15, 0.2) is 5.75 Å². The van der Waals surface area contributed by atoms with Crippen molar-refractivity contribution in [3.05, 3.63) is 67.7 Å². The third-order valence-electron chi connectivity index (χ3n) is 2.88. The average molecular weight is 370 g/mol. The van der Waals surface area contributed by atoms with E-state index in [2.05, 4.69) is 4.74 Å². The summed E-state index contributed by atoms with van der Waals surface area (Å²) < 4.78 is 9.59. The van der Waals surface area contributed by atoms with Crippen molar-refractivity contribution in [2.45, 2.75) is 0 Å². The van der Waals surface area contributed by atoms with Gasteiger partial charge in [-0.3, -0.25) is 10.1 Å². The van der Waals surface area contributed by atoms with Crippen molar-refractivity contribution >= 4 is 40.8 Å². The summed E-state index contributed by atoms with van der Waals surface area (Å²) in [6.07, 6.45) is 0. The van der Waals surface area contributed by atoms with Crippen LogP contribution in [0.2, 0.25) is 10.0 Å². The molecule has 0 saturated carbocycles. The zero-order valence-corrected chi connectivity index (χ0v) is 13.6. The van der Waals surface area contributed by atoms with Crippen LogP contribution in [0.3, 0.4) is 0 Å². The van der Waals surface area contributed by atoms with E-state index in [0.29, 0.717) is 0 Å². The number of esters is 2. The van der Waals surface area contributed by atoms with Crippen molar-refractivity contribution in [2.24, 2.45) is 0 Å². The number of methoxy groups -OCH3 is 1. The number of rotatable bonds is 4. The maximum absolute atomic E-state index is 12.2. The molecule has 0 aliphatic carbocycles. The molecule has 0 amide bonds. The van der Waals surface area contributed by atoms with Crippen LogP contribution in [-0.4, -0.2) is 24.0 Å². The maximum atomic E-state index is 12.2. The third-order valence-corrected chi connectivity index (χ3v) is 3.43. The number of nitrogens with zero attached hydrogens (tertiary/aromatic N) is 1. The van der Waals surface area contributed by atoms with E-state index in [-0.39, 0.29) is 26.9 Å². The number of ether oxygens (including phenoxy) is 2. The molecule has 124 valence electrons. The van der Waals surface area contributed by atoms with Crippen LogP contribution >= 0.6 is 23.2 Å². The Bertz CT molecular complexity index is 837. The van der Waals surface area contributed by atoms with Gasteiger partial charge in [0.2, 0.25) is 0 Å². The normalized spacial score (nSPS) is 10.1. The topological polar surface area (TPSA) is 95.7 Å². The van der Waals surface area contributed by atoms with Gasteiger partial charge in [-0.2, -0.15) is 0 Å². The Labute approximate surface area is 145 Å². The van der Waals surface area contributed by atoms with Crippen LogP contribution in [0.15, 0.2) is 36.4 Å². The number of hydrogen-bond acceptors (Lipinski definition) is 6. The fourth-order valence-corrected chi connectivity index (χ4v) is 2.10. The van der Waals surface area contributed by atoms with Crippen molar-refractivity contribution < 1.29 is 24.0 Å². The van der Waals surface area contributed by atoms with Crippen LogP contribution < -0.4 is 4.74 Å². The summed E-state index contributed by atoms with van der Waals surface area (Å²) in [6, 6.07) is 7.35. The Balaban J connectivity index is 2.41. The van der Waals surface area contributed by atoms with Gasteiger partial charge in [0.1, 0.15) is 0 Å². The summed E-state index contributed by atoms with van der Waals surface area (Å²) in [5.41, 5.74) is -0.821. The van der Waals surface area contributed by atoms with Crippen LogP contribution in [0.5, 0.6) is 5.75 Å². The third kappa shape index (κ3) is 4.01. The van der Waals surface area contributed by atoms with Crippen LogP contribution in [0, 0.1) is 10.1 Å². The lowest BCUT2D eigenvalue weighted by molar-refractivity contribution is -0.384. The Hall–Kier alpha value is -2.64. The molecule has 0 heterocycles. The van der Waals surface area contributed by atoms with Gasteiger partial charge < -0.3 is 9.47 Å². The van der Waals surface area contributed by atoms with Crippen molar-refractivity contribution in [3.63, 3.8) is 0 Å². The standard InChI is InChI=1S/C15H9Cl2NO6/c1-23-14(19)8-4-9(6-11(5-8)18(21)22)15(20)24-13-7-10(16)2-3-12(13)17/h2-7H,1H3. The molecule has 24 heavy (non-hydrogen) atoms. The van der Waals surface area contributed by atoms with Gasteiger partial charge in [-0.05, 0) is 18.2 Å². The van der Waals surface area contributed by atoms with E-state index in [0.717, 1.165) is 25.3 Å². The SMILES string of the molecule is COC(=O)c1cc(C(=O)Oc2cc(Cl)ccc2Cl)cc([N+](=O)[O-])c1. The first kappa shape index (κ1) is 17.7. The molecule has 0 saturated heterocycles. The summed E-state index contributed by atoms with van der Waals surface area (Å²) in [5.74, 6) is -1.78. The van der Waals surface area contributed by atoms with Crippen molar-refractivity contribution in [1.29, 1.82) is 0 Å². The van der Waals surface area contributed by atoms with Gasteiger partial charge in [-0.15, -0.1) is 0 Å². The number of non-ortho nitro benzene ring substituents is 1. The number of benzene rings is 2. The number of halogens is 2. The van der Waals surface area contributed by atoms with Gasteiger partial charge in [-0.1, -0.05) is 23.2 Å². The number of carbonyl (C=O) groups is 2. The highest BCUT2D eigenvalue weighted by Gasteiger charge is 2.20. The Morgan fingerprint density at radius 2 is 1.67 bits per heavy atom. The molecule has 0 aromatic heterocycles. The second kappa shape index (κ2) is 7.29. The van der Waals surface area contributed by atoms with E-state index >= 15 is 0 Å². The van der Waals surface area contributed by atoms with Gasteiger partial charge >= 0.3 is 11.9 Å². The van der Waals surface area contributed by atoms with Gasteiger partial charge in [-0.25, -0.2) is 9.59 Å². The number of carbonyl (C=O) groups excluding carboxylic acids is 2. The molecular formula is C15H9Cl2NO6. The second-order valence-electron chi connectivity index (χ2n) is 4.48. The molecule has 2 aromatic carbocycles. The lowest BCUT2D eigenvalue weighted by Gasteiger charge is -2.08. The van der Waals surface area contributed by atoms with Crippen LogP contribution in [0.1, 0.15) is 20.7 Å². The van der Waals surface area contributed by atoms with E-state index in [1.54, 1.807) is 0 Å². The summed E-state index contributed by atoms with van der Waals surface area (Å²) in [7, 11) is 1.12. The summed E-state index contributed by atoms with van der Waals surface area (Å²) in [6.45, 7) is 0. The van der Waals surface area contributed by atoms with E-state index < -0.39 is 22.5 Å². The van der Waals surface area contributed by atoms with Crippen LogP contribution in [0.4, 0.5) is 5.69 Å². The van der Waals surface area contributed by atoms with Gasteiger partial charge in [0.25, 0.3) is 5.69 Å². The lowest BCUT2D eigenvalue weighted by Crippen LogP contribution is -2.11. The van der Waals surface area contributed by atoms with E-state index in [4.69, 9.17) is 27.9 Å². The molecule has 0 fully saturated rings. The molecule has 0 spiro atoms. The largest absolute Gasteiger partial charge is 0.465 e. The highest BCUT2D eigenvalue weighted by atomic mass is 35.5. The zero-order valence-electron chi connectivity index (χ0n) is 12.1. The molecule has 0 aliphatic heterocycles. The lowest BCUT2D eigenvalue weighted by atomic mass is 10.1. The highest BCUT2D eigenvalue weighted by molar-refractivity contribution is 6.34. The van der Waals surface area contributed by atoms with E-state index in [1.165, 1.54) is 18.2 Å². The van der Waals surface area contributed by atoms with Gasteiger partial charge in [0, 0.05) is 23.2 Å². The molecule has 2 aromatic rings. The number of nitro groups is 1. The predicted octanol–water partition coefficient (Wildman–Crippen LogP) is 3.91. The maximum Gasteiger partial charge on any atom is 0.343 e. The summed E-state index contributed by atoms with van der Waals surface area (Å²) in [4.78, 5) is 34.0. The van der Waals surface area contributed by atoms with Crippen LogP contribution in [-0.2, 0) is 4.74 Å². The minimum Gasteiger partial charge on any atom is -0.465 e. The Morgan fingerprint density at radius 1 is 1.04 bits per heavy atom. The summed E-state index contributed by atoms with van der Waals surface area (Å²) in [5, 5.41) is 11.4. The van der Waals surface area contributed by atoms with Crippen molar-refractivity contribution in [3.8, 4) is 5.75 Å². The first-order chi connectivity index (χ1) is 11.3. The van der Waals surface area contributed by atoms with Crippen molar-refractivity contribution in [1.82, 2.24) is 0 Å². The monoisotopic (exact) mass is 369 g/mol. The molecule has 0 bridgehead atoms. The van der Waals surface area contributed by atoms with Gasteiger partial charge in [0.05, 0.1) is 28.2 Å². The Kier molecular flexibility index (Phi) is 5.38. The molecule has 0 unspecified atom stereocenters. The predicted molar refractivity (Wildman–Crippen MR) is 85.9 cm³/mol. The fourth-order valence-electron chi connectivity index (χ4n) is 1.78. The Morgan fingerprint density at radius 3 is 2.25 bits per heavy atom. The first-order valence-corrected chi connectivity index (χ1v) is 7.12. The molecule has 2 rings (SSSR count). The average Bonchev–Trinajstić information content (AvgIpc) is 2.56. The highest BCUT2D eigenvalue weighted by Crippen LogP contribution is 2.29. The van der Waals surface area contributed by atoms with E-state index in [9.17, 15) is 19.7 Å². The van der Waals surface area contributed by atoms with E-state index in [1.807, 2.05) is 0 Å². The zero-order chi connectivity index (χ0) is 17.9. The number of nitro benzene ring substituents is 1. The molecule has 0 radical (unpaired) electrons. The minimum absolute atomic E-state index is 0.0136.